The number of nitrogens with one attached hydrogen (secondary N) is 1. The highest BCUT2D eigenvalue weighted by molar-refractivity contribution is 7.13. The number of hydrogen-bond donors (Lipinski definition) is 1. The first kappa shape index (κ1) is 18.9. The van der Waals surface area contributed by atoms with Crippen molar-refractivity contribution in [3.63, 3.8) is 0 Å². The largest absolute Gasteiger partial charge is 0.465 e. The molecule has 0 aliphatic heterocycles. The molecule has 1 N–H and O–H groups in total. The van der Waals surface area contributed by atoms with Gasteiger partial charge in [-0.05, 0) is 44.9 Å². The van der Waals surface area contributed by atoms with E-state index >= 15 is 0 Å². The first-order valence-corrected chi connectivity index (χ1v) is 8.68. The van der Waals surface area contributed by atoms with Crippen molar-refractivity contribution in [2.24, 2.45) is 0 Å². The van der Waals surface area contributed by atoms with Crippen molar-refractivity contribution in [1.29, 1.82) is 0 Å². The van der Waals surface area contributed by atoms with Gasteiger partial charge in [-0.3, -0.25) is 0 Å². The monoisotopic (exact) mass is 362 g/mol. The Morgan fingerprint density at radius 3 is 2.56 bits per heavy atom. The Kier molecular flexibility index (Phi) is 5.79. The Labute approximate surface area is 151 Å². The molecule has 0 bridgehead atoms. The quantitative estimate of drug-likeness (QED) is 0.834. The number of hydrogen-bond acceptors (Lipinski definition) is 6. The molecule has 1 amide bonds. The Morgan fingerprint density at radius 1 is 1.28 bits per heavy atom. The van der Waals surface area contributed by atoms with Crippen LogP contribution in [-0.2, 0) is 16.0 Å². The third-order valence-electron chi connectivity index (χ3n) is 3.34. The Balaban J connectivity index is 2.24. The number of amides is 1. The van der Waals surface area contributed by atoms with Crippen LogP contribution in [0.1, 0.15) is 42.4 Å². The van der Waals surface area contributed by atoms with Crippen molar-refractivity contribution in [2.75, 3.05) is 7.11 Å². The Morgan fingerprint density at radius 2 is 2.00 bits per heavy atom. The van der Waals surface area contributed by atoms with Crippen molar-refractivity contribution >= 4 is 23.4 Å². The second kappa shape index (κ2) is 7.65. The lowest BCUT2D eigenvalue weighted by Gasteiger charge is -2.20. The number of benzene rings is 1. The van der Waals surface area contributed by atoms with Crippen LogP contribution in [-0.4, -0.2) is 29.8 Å². The molecule has 0 aliphatic rings. The average molecular weight is 362 g/mol. The second-order valence-corrected chi connectivity index (χ2v) is 7.34. The number of rotatable bonds is 4. The molecule has 2 rings (SSSR count). The van der Waals surface area contributed by atoms with Gasteiger partial charge in [-0.15, -0.1) is 11.3 Å². The molecule has 6 nitrogen and oxygen atoms in total. The molecule has 1 heterocycles. The fourth-order valence-corrected chi connectivity index (χ4v) is 3.03. The van der Waals surface area contributed by atoms with Crippen LogP contribution in [0.4, 0.5) is 4.79 Å². The Hall–Kier alpha value is -2.41. The molecular formula is C18H22N2O4S. The fourth-order valence-electron chi connectivity index (χ4n) is 2.23. The van der Waals surface area contributed by atoms with Gasteiger partial charge in [-0.1, -0.05) is 12.1 Å². The summed E-state index contributed by atoms with van der Waals surface area (Å²) in [6.07, 6.45) is -0.536. The van der Waals surface area contributed by atoms with E-state index < -0.39 is 17.7 Å². The van der Waals surface area contributed by atoms with E-state index in [1.807, 2.05) is 13.0 Å². The van der Waals surface area contributed by atoms with Gasteiger partial charge in [0.05, 0.1) is 28.8 Å². The van der Waals surface area contributed by atoms with E-state index in [2.05, 4.69) is 10.3 Å². The summed E-state index contributed by atoms with van der Waals surface area (Å²) in [6, 6.07) is 5.47. The van der Waals surface area contributed by atoms with E-state index in [1.165, 1.54) is 18.4 Å². The molecule has 0 atom stereocenters. The van der Waals surface area contributed by atoms with Crippen molar-refractivity contribution in [2.45, 2.75) is 39.8 Å². The lowest BCUT2D eigenvalue weighted by atomic mass is 10.0. The van der Waals surface area contributed by atoms with E-state index in [1.54, 1.807) is 38.4 Å². The number of esters is 1. The van der Waals surface area contributed by atoms with Crippen LogP contribution in [0.5, 0.6) is 0 Å². The molecule has 1 aromatic heterocycles. The molecule has 0 spiro atoms. The number of aromatic nitrogens is 1. The lowest BCUT2D eigenvalue weighted by molar-refractivity contribution is 0.0518. The smallest absolute Gasteiger partial charge is 0.407 e. The van der Waals surface area contributed by atoms with Crippen molar-refractivity contribution in [1.82, 2.24) is 10.3 Å². The molecule has 134 valence electrons. The van der Waals surface area contributed by atoms with E-state index in [-0.39, 0.29) is 6.54 Å². The number of alkyl carbamates (subject to hydrolysis) is 1. The lowest BCUT2D eigenvalue weighted by Crippen LogP contribution is -2.32. The van der Waals surface area contributed by atoms with E-state index in [0.717, 1.165) is 16.1 Å². The van der Waals surface area contributed by atoms with Crippen molar-refractivity contribution in [3.05, 3.63) is 40.5 Å². The fraction of sp³-hybridized carbons (Fsp3) is 0.389. The zero-order valence-electron chi connectivity index (χ0n) is 15.0. The van der Waals surface area contributed by atoms with Gasteiger partial charge in [0, 0.05) is 6.54 Å². The topological polar surface area (TPSA) is 77.5 Å². The maximum atomic E-state index is 12.1. The van der Waals surface area contributed by atoms with Gasteiger partial charge in [0.1, 0.15) is 5.60 Å². The molecule has 0 saturated heterocycles. The molecule has 0 unspecified atom stereocenters. The first-order chi connectivity index (χ1) is 11.7. The van der Waals surface area contributed by atoms with Crippen molar-refractivity contribution < 1.29 is 19.1 Å². The van der Waals surface area contributed by atoms with Crippen LogP contribution in [0.25, 0.3) is 10.4 Å². The number of methoxy groups -OCH3 is 1. The second-order valence-electron chi connectivity index (χ2n) is 6.49. The zero-order valence-corrected chi connectivity index (χ0v) is 15.8. The van der Waals surface area contributed by atoms with Gasteiger partial charge in [-0.2, -0.15) is 0 Å². The average Bonchev–Trinajstić information content (AvgIpc) is 2.96. The molecule has 0 saturated carbocycles. The summed E-state index contributed by atoms with van der Waals surface area (Å²) in [5, 5.41) is 2.66. The summed E-state index contributed by atoms with van der Waals surface area (Å²) in [5.41, 5.74) is 4.04. The SMILES string of the molecule is COC(=O)c1cc(-c2scnc2C)ccc1CNC(=O)OC(C)(C)C. The van der Waals surface area contributed by atoms with Crippen LogP contribution in [0.3, 0.4) is 0 Å². The molecule has 2 aromatic rings. The maximum absolute atomic E-state index is 12.1. The predicted octanol–water partition coefficient (Wildman–Crippen LogP) is 3.93. The molecule has 7 heteroatoms. The van der Waals surface area contributed by atoms with Crippen LogP contribution in [0.2, 0.25) is 0 Å². The van der Waals surface area contributed by atoms with Gasteiger partial charge >= 0.3 is 12.1 Å². The minimum absolute atomic E-state index is 0.168. The number of nitrogens with zero attached hydrogens (tertiary/aromatic N) is 1. The van der Waals surface area contributed by atoms with Crippen LogP contribution in [0.15, 0.2) is 23.7 Å². The van der Waals surface area contributed by atoms with Gasteiger partial charge < -0.3 is 14.8 Å². The third-order valence-corrected chi connectivity index (χ3v) is 4.32. The van der Waals surface area contributed by atoms with Crippen LogP contribution in [0, 0.1) is 6.92 Å². The number of aryl methyl sites for hydroxylation is 1. The van der Waals surface area contributed by atoms with E-state index in [4.69, 9.17) is 9.47 Å². The molecule has 0 fully saturated rings. The van der Waals surface area contributed by atoms with Crippen LogP contribution < -0.4 is 5.32 Å². The van der Waals surface area contributed by atoms with Gasteiger partial charge in [0.25, 0.3) is 0 Å². The first-order valence-electron chi connectivity index (χ1n) is 7.80. The summed E-state index contributed by atoms with van der Waals surface area (Å²) in [7, 11) is 1.33. The number of thiazole rings is 1. The number of ether oxygens (including phenoxy) is 2. The summed E-state index contributed by atoms with van der Waals surface area (Å²) >= 11 is 1.51. The normalized spacial score (nSPS) is 11.1. The minimum atomic E-state index is -0.581. The summed E-state index contributed by atoms with van der Waals surface area (Å²) in [6.45, 7) is 7.46. The standard InChI is InChI=1S/C18H22N2O4S/c1-11-15(25-10-20-11)12-6-7-13(14(8-12)16(21)23-5)9-19-17(22)24-18(2,3)4/h6-8,10H,9H2,1-5H3,(H,19,22). The van der Waals surface area contributed by atoms with E-state index in [0.29, 0.717) is 11.1 Å². The molecule has 25 heavy (non-hydrogen) atoms. The predicted molar refractivity (Wildman–Crippen MR) is 96.7 cm³/mol. The molecule has 1 aromatic carbocycles. The summed E-state index contributed by atoms with van der Waals surface area (Å²) in [4.78, 5) is 29.2. The van der Waals surface area contributed by atoms with Gasteiger partial charge in [0.2, 0.25) is 0 Å². The number of carbonyl (C=O) groups excluding carboxylic acids is 2. The highest BCUT2D eigenvalue weighted by Gasteiger charge is 2.18. The minimum Gasteiger partial charge on any atom is -0.465 e. The highest BCUT2D eigenvalue weighted by atomic mass is 32.1. The maximum Gasteiger partial charge on any atom is 0.407 e. The zero-order chi connectivity index (χ0) is 18.6. The molecular weight excluding hydrogens is 340 g/mol. The van der Waals surface area contributed by atoms with Gasteiger partial charge in [0.15, 0.2) is 0 Å². The summed E-state index contributed by atoms with van der Waals surface area (Å²) < 4.78 is 10.1. The highest BCUT2D eigenvalue weighted by Crippen LogP contribution is 2.29. The van der Waals surface area contributed by atoms with Gasteiger partial charge in [-0.25, -0.2) is 14.6 Å². The number of carbonyl (C=O) groups is 2. The third kappa shape index (κ3) is 5.03. The molecule has 0 aliphatic carbocycles. The van der Waals surface area contributed by atoms with Crippen LogP contribution >= 0.6 is 11.3 Å². The van der Waals surface area contributed by atoms with E-state index in [9.17, 15) is 9.59 Å². The molecule has 0 radical (unpaired) electrons. The summed E-state index contributed by atoms with van der Waals surface area (Å²) in [5.74, 6) is -0.454. The van der Waals surface area contributed by atoms with Crippen molar-refractivity contribution in [3.8, 4) is 10.4 Å². The Bertz CT molecular complexity index is 778.